The number of rotatable bonds is 7. The van der Waals surface area contributed by atoms with Crippen LogP contribution >= 0.6 is 0 Å². The number of aliphatic hydroxyl groups is 1. The molecule has 3 rings (SSSR count). The maximum atomic E-state index is 13.4. The maximum Gasteiger partial charge on any atom is 0.325 e. The van der Waals surface area contributed by atoms with Crippen LogP contribution in [-0.4, -0.2) is 55.1 Å². The molecule has 8 nitrogen and oxygen atoms in total. The topological polar surface area (TPSA) is 107 Å². The number of anilines is 1. The second-order valence-corrected chi connectivity index (χ2v) is 9.59. The molecule has 30 heavy (non-hydrogen) atoms. The fourth-order valence-corrected chi connectivity index (χ4v) is 5.08. The molecule has 0 spiro atoms. The number of carbonyl (C=O) groups is 2. The van der Waals surface area contributed by atoms with Gasteiger partial charge >= 0.3 is 6.03 Å². The summed E-state index contributed by atoms with van der Waals surface area (Å²) in [6.07, 6.45) is -1.28. The second kappa shape index (κ2) is 8.08. The molecule has 1 saturated heterocycles. The van der Waals surface area contributed by atoms with Gasteiger partial charge in [-0.3, -0.25) is 14.0 Å². The Morgan fingerprint density at radius 3 is 2.23 bits per heavy atom. The van der Waals surface area contributed by atoms with Gasteiger partial charge in [0.1, 0.15) is 5.54 Å². The summed E-state index contributed by atoms with van der Waals surface area (Å²) in [4.78, 5) is 25.5. The van der Waals surface area contributed by atoms with E-state index >= 15 is 0 Å². The van der Waals surface area contributed by atoms with Crippen LogP contribution in [0.4, 0.5) is 10.5 Å². The lowest BCUT2D eigenvalue weighted by atomic mass is 10.1. The van der Waals surface area contributed by atoms with Crippen molar-refractivity contribution in [3.05, 3.63) is 60.2 Å². The highest BCUT2D eigenvalue weighted by Gasteiger charge is 2.45. The van der Waals surface area contributed by atoms with Gasteiger partial charge < -0.3 is 10.4 Å². The van der Waals surface area contributed by atoms with E-state index in [0.717, 1.165) is 9.21 Å². The molecule has 2 aromatic rings. The molecule has 160 valence electrons. The summed E-state index contributed by atoms with van der Waals surface area (Å²) in [6.45, 7) is 4.19. The highest BCUT2D eigenvalue weighted by atomic mass is 32.2. The molecule has 1 aliphatic rings. The predicted octanol–water partition coefficient (Wildman–Crippen LogP) is 1.88. The van der Waals surface area contributed by atoms with Crippen molar-refractivity contribution >= 4 is 27.6 Å². The molecule has 2 N–H and O–H groups in total. The van der Waals surface area contributed by atoms with Crippen LogP contribution in [0.3, 0.4) is 0 Å². The van der Waals surface area contributed by atoms with Crippen molar-refractivity contribution in [2.24, 2.45) is 0 Å². The number of benzene rings is 2. The molecule has 1 fully saturated rings. The van der Waals surface area contributed by atoms with Crippen LogP contribution in [0.5, 0.6) is 0 Å². The predicted molar refractivity (Wildman–Crippen MR) is 112 cm³/mol. The van der Waals surface area contributed by atoms with Gasteiger partial charge in [-0.05, 0) is 44.5 Å². The van der Waals surface area contributed by atoms with Crippen LogP contribution in [0, 0.1) is 6.92 Å². The van der Waals surface area contributed by atoms with Gasteiger partial charge in [0.05, 0.1) is 29.8 Å². The van der Waals surface area contributed by atoms with Crippen LogP contribution < -0.4 is 9.62 Å². The standard InChI is InChI=1S/C21H25N3O5S/c1-15-9-7-8-12-18(15)30(28,29)24(16-10-5-4-6-11-16)14-17(25)13-23-19(26)21(2,3)22-20(23)27/h4-12,17,25H,13-14H2,1-3H3,(H,22,27)/t17-/m1/s1. The number of amides is 3. The van der Waals surface area contributed by atoms with Crippen molar-refractivity contribution in [1.29, 1.82) is 0 Å². The number of hydrogen-bond acceptors (Lipinski definition) is 5. The van der Waals surface area contributed by atoms with Gasteiger partial charge in [-0.2, -0.15) is 0 Å². The number of β-amino-alcohol motifs (C(OH)–C–C–N with tert-alkyl or cyclic N) is 1. The third kappa shape index (κ3) is 4.17. The summed E-state index contributed by atoms with van der Waals surface area (Å²) in [5.74, 6) is -0.473. The molecule has 0 aliphatic carbocycles. The lowest BCUT2D eigenvalue weighted by Gasteiger charge is -2.28. The van der Waals surface area contributed by atoms with Gasteiger partial charge in [-0.15, -0.1) is 0 Å². The summed E-state index contributed by atoms with van der Waals surface area (Å²) in [5.41, 5.74) is -0.121. The van der Waals surface area contributed by atoms with Crippen LogP contribution in [0.2, 0.25) is 0 Å². The number of urea groups is 1. The summed E-state index contributed by atoms with van der Waals surface area (Å²) >= 11 is 0. The highest BCUT2D eigenvalue weighted by molar-refractivity contribution is 7.92. The minimum atomic E-state index is -3.99. The Morgan fingerprint density at radius 2 is 1.67 bits per heavy atom. The summed E-state index contributed by atoms with van der Waals surface area (Å²) in [5, 5.41) is 13.2. The third-order valence-electron chi connectivity index (χ3n) is 4.92. The Kier molecular flexibility index (Phi) is 5.87. The summed E-state index contributed by atoms with van der Waals surface area (Å²) in [7, 11) is -3.99. The lowest BCUT2D eigenvalue weighted by Crippen LogP contribution is -2.45. The second-order valence-electron chi connectivity index (χ2n) is 7.76. The minimum Gasteiger partial charge on any atom is -0.389 e. The van der Waals surface area contributed by atoms with E-state index in [0.29, 0.717) is 11.3 Å². The van der Waals surface area contributed by atoms with Crippen molar-refractivity contribution in [3.8, 4) is 0 Å². The molecule has 0 unspecified atom stereocenters. The van der Waals surface area contributed by atoms with Crippen molar-refractivity contribution in [2.75, 3.05) is 17.4 Å². The molecule has 2 aromatic carbocycles. The monoisotopic (exact) mass is 431 g/mol. The minimum absolute atomic E-state index is 0.122. The van der Waals surface area contributed by atoms with E-state index in [2.05, 4.69) is 5.32 Å². The highest BCUT2D eigenvalue weighted by Crippen LogP contribution is 2.26. The van der Waals surface area contributed by atoms with Gasteiger partial charge in [0.15, 0.2) is 0 Å². The fourth-order valence-electron chi connectivity index (χ4n) is 3.34. The fraction of sp³-hybridized carbons (Fsp3) is 0.333. The van der Waals surface area contributed by atoms with Crippen LogP contribution in [-0.2, 0) is 14.8 Å². The van der Waals surface area contributed by atoms with Crippen molar-refractivity contribution in [1.82, 2.24) is 10.2 Å². The molecule has 1 heterocycles. The lowest BCUT2D eigenvalue weighted by molar-refractivity contribution is -0.131. The van der Waals surface area contributed by atoms with Crippen molar-refractivity contribution in [3.63, 3.8) is 0 Å². The smallest absolute Gasteiger partial charge is 0.325 e. The number of para-hydroxylation sites is 1. The molecule has 9 heteroatoms. The Balaban J connectivity index is 1.90. The first kappa shape index (κ1) is 21.8. The zero-order valence-electron chi connectivity index (χ0n) is 17.1. The Morgan fingerprint density at radius 1 is 1.07 bits per heavy atom. The summed E-state index contributed by atoms with van der Waals surface area (Å²) in [6, 6.07) is 14.4. The molecular formula is C21H25N3O5S. The van der Waals surface area contributed by atoms with E-state index in [1.165, 1.54) is 6.07 Å². The van der Waals surface area contributed by atoms with Gasteiger partial charge in [0, 0.05) is 0 Å². The zero-order valence-corrected chi connectivity index (χ0v) is 17.9. The van der Waals surface area contributed by atoms with Crippen LogP contribution in [0.1, 0.15) is 19.4 Å². The molecule has 0 bridgehead atoms. The number of carbonyl (C=O) groups excluding carboxylic acids is 2. The molecule has 3 amide bonds. The zero-order chi connectivity index (χ0) is 22.1. The van der Waals surface area contributed by atoms with Crippen molar-refractivity contribution < 1.29 is 23.1 Å². The number of aliphatic hydroxyl groups excluding tert-OH is 1. The van der Waals surface area contributed by atoms with E-state index in [1.807, 2.05) is 0 Å². The van der Waals surface area contributed by atoms with Gasteiger partial charge in [0.2, 0.25) is 0 Å². The van der Waals surface area contributed by atoms with E-state index < -0.39 is 33.6 Å². The van der Waals surface area contributed by atoms with E-state index in [9.17, 15) is 23.1 Å². The molecule has 1 atom stereocenters. The van der Waals surface area contributed by atoms with Crippen molar-refractivity contribution in [2.45, 2.75) is 37.3 Å². The van der Waals surface area contributed by atoms with Gasteiger partial charge in [-0.25, -0.2) is 13.2 Å². The SMILES string of the molecule is Cc1ccccc1S(=O)(=O)N(C[C@H](O)CN1C(=O)NC(C)(C)C1=O)c1ccccc1. The Bertz CT molecular complexity index is 1050. The molecule has 0 aromatic heterocycles. The quantitative estimate of drug-likeness (QED) is 0.651. The Hall–Kier alpha value is -2.91. The number of nitrogens with zero attached hydrogens (tertiary/aromatic N) is 2. The number of aryl methyl sites for hydroxylation is 1. The van der Waals surface area contributed by atoms with E-state index in [1.54, 1.807) is 69.3 Å². The van der Waals surface area contributed by atoms with E-state index in [-0.39, 0.29) is 18.0 Å². The first-order chi connectivity index (χ1) is 14.0. The van der Waals surface area contributed by atoms with Gasteiger partial charge in [0.25, 0.3) is 15.9 Å². The molecule has 0 saturated carbocycles. The average Bonchev–Trinajstić information content (AvgIpc) is 2.88. The number of nitrogens with one attached hydrogen (secondary N) is 1. The first-order valence-electron chi connectivity index (χ1n) is 9.49. The number of sulfonamides is 1. The average molecular weight is 432 g/mol. The molecule has 0 radical (unpaired) electrons. The summed E-state index contributed by atoms with van der Waals surface area (Å²) < 4.78 is 27.9. The normalized spacial score (nSPS) is 17.0. The third-order valence-corrected chi connectivity index (χ3v) is 6.87. The first-order valence-corrected chi connectivity index (χ1v) is 10.9. The Labute approximate surface area is 176 Å². The van der Waals surface area contributed by atoms with Crippen LogP contribution in [0.15, 0.2) is 59.5 Å². The van der Waals surface area contributed by atoms with Crippen LogP contribution in [0.25, 0.3) is 0 Å². The van der Waals surface area contributed by atoms with Gasteiger partial charge in [-0.1, -0.05) is 36.4 Å². The molecular weight excluding hydrogens is 406 g/mol. The largest absolute Gasteiger partial charge is 0.389 e. The number of imide groups is 1. The molecule has 1 aliphatic heterocycles. The maximum absolute atomic E-state index is 13.4. The van der Waals surface area contributed by atoms with E-state index in [4.69, 9.17) is 0 Å². The number of hydrogen-bond donors (Lipinski definition) is 2.